The molecule has 2 aromatic carbocycles. The predicted octanol–water partition coefficient (Wildman–Crippen LogP) is 3.52. The molecular formula is C21H28N2O2. The quantitative estimate of drug-likeness (QED) is 0.773. The first-order valence-corrected chi connectivity index (χ1v) is 8.75. The smallest absolute Gasteiger partial charge is 0.238 e. The van der Waals surface area contributed by atoms with Crippen molar-refractivity contribution in [1.82, 2.24) is 4.90 Å². The number of aryl methyl sites for hydroxylation is 2. The summed E-state index contributed by atoms with van der Waals surface area (Å²) in [6, 6.07) is 16.2. The highest BCUT2D eigenvalue weighted by Crippen LogP contribution is 2.17. The molecule has 2 N–H and O–H groups in total. The molecule has 2 rings (SSSR count). The van der Waals surface area contributed by atoms with E-state index in [1.807, 2.05) is 51.1 Å². The van der Waals surface area contributed by atoms with Gasteiger partial charge in [-0.2, -0.15) is 0 Å². The number of carbonyl (C=O) groups excluding carboxylic acids is 1. The van der Waals surface area contributed by atoms with Crippen LogP contribution in [0.5, 0.6) is 0 Å². The molecule has 0 saturated heterocycles. The summed E-state index contributed by atoms with van der Waals surface area (Å²) in [7, 11) is 0. The normalized spacial score (nSPS) is 12.2. The lowest BCUT2D eigenvalue weighted by molar-refractivity contribution is -0.118. The van der Waals surface area contributed by atoms with Crippen LogP contribution in [0.4, 0.5) is 5.69 Å². The van der Waals surface area contributed by atoms with Gasteiger partial charge in [0.15, 0.2) is 0 Å². The SMILES string of the molecule is Cc1ccc(NC(=O)CN(Cc2ccccc2)C(C)CCO)c(C)c1. The maximum atomic E-state index is 12.5. The van der Waals surface area contributed by atoms with Gasteiger partial charge in [0.05, 0.1) is 6.54 Å². The Morgan fingerprint density at radius 3 is 2.52 bits per heavy atom. The van der Waals surface area contributed by atoms with E-state index in [4.69, 9.17) is 0 Å². The summed E-state index contributed by atoms with van der Waals surface area (Å²) in [6.45, 7) is 7.18. The van der Waals surface area contributed by atoms with Gasteiger partial charge in [-0.3, -0.25) is 9.69 Å². The molecule has 0 aromatic heterocycles. The molecule has 0 bridgehead atoms. The van der Waals surface area contributed by atoms with Crippen LogP contribution in [0.3, 0.4) is 0 Å². The monoisotopic (exact) mass is 340 g/mol. The number of aliphatic hydroxyl groups is 1. The predicted molar refractivity (Wildman–Crippen MR) is 103 cm³/mol. The lowest BCUT2D eigenvalue weighted by atomic mass is 10.1. The van der Waals surface area contributed by atoms with Crippen LogP contribution in [0.2, 0.25) is 0 Å². The fourth-order valence-corrected chi connectivity index (χ4v) is 2.88. The van der Waals surface area contributed by atoms with E-state index in [0.717, 1.165) is 16.8 Å². The number of nitrogens with one attached hydrogen (secondary N) is 1. The van der Waals surface area contributed by atoms with E-state index in [-0.39, 0.29) is 18.6 Å². The van der Waals surface area contributed by atoms with Crippen molar-refractivity contribution in [3.8, 4) is 0 Å². The van der Waals surface area contributed by atoms with Crippen LogP contribution in [-0.4, -0.2) is 35.1 Å². The molecule has 4 heteroatoms. The molecule has 1 amide bonds. The average Bonchev–Trinajstić information content (AvgIpc) is 2.58. The maximum absolute atomic E-state index is 12.5. The molecule has 0 spiro atoms. The van der Waals surface area contributed by atoms with E-state index >= 15 is 0 Å². The van der Waals surface area contributed by atoms with Gasteiger partial charge < -0.3 is 10.4 Å². The van der Waals surface area contributed by atoms with Crippen molar-refractivity contribution in [2.24, 2.45) is 0 Å². The molecule has 0 heterocycles. The minimum absolute atomic E-state index is 0.0346. The highest BCUT2D eigenvalue weighted by Gasteiger charge is 2.18. The van der Waals surface area contributed by atoms with Crippen LogP contribution >= 0.6 is 0 Å². The van der Waals surface area contributed by atoms with E-state index in [1.54, 1.807) is 0 Å². The van der Waals surface area contributed by atoms with Crippen molar-refractivity contribution in [2.45, 2.75) is 39.8 Å². The molecule has 1 unspecified atom stereocenters. The lowest BCUT2D eigenvalue weighted by Gasteiger charge is -2.28. The van der Waals surface area contributed by atoms with Gasteiger partial charge in [0.2, 0.25) is 5.91 Å². The fraction of sp³-hybridized carbons (Fsp3) is 0.381. The number of hydrogen-bond acceptors (Lipinski definition) is 3. The first-order valence-electron chi connectivity index (χ1n) is 8.75. The summed E-state index contributed by atoms with van der Waals surface area (Å²) in [6.07, 6.45) is 0.643. The number of amides is 1. The highest BCUT2D eigenvalue weighted by molar-refractivity contribution is 5.93. The number of benzene rings is 2. The van der Waals surface area contributed by atoms with Gasteiger partial charge in [-0.25, -0.2) is 0 Å². The van der Waals surface area contributed by atoms with Gasteiger partial charge in [0, 0.05) is 24.9 Å². The zero-order valence-electron chi connectivity index (χ0n) is 15.3. The summed E-state index contributed by atoms with van der Waals surface area (Å²) in [5.41, 5.74) is 4.25. The van der Waals surface area contributed by atoms with Gasteiger partial charge in [-0.15, -0.1) is 0 Å². The van der Waals surface area contributed by atoms with Gasteiger partial charge in [0.25, 0.3) is 0 Å². The van der Waals surface area contributed by atoms with Crippen LogP contribution in [0.25, 0.3) is 0 Å². The van der Waals surface area contributed by atoms with Gasteiger partial charge >= 0.3 is 0 Å². The molecule has 1 atom stereocenters. The number of hydrogen-bond donors (Lipinski definition) is 2. The summed E-state index contributed by atoms with van der Waals surface area (Å²) in [4.78, 5) is 14.6. The topological polar surface area (TPSA) is 52.6 Å². The molecule has 4 nitrogen and oxygen atoms in total. The Hall–Kier alpha value is -2.17. The Morgan fingerprint density at radius 2 is 1.88 bits per heavy atom. The first-order chi connectivity index (χ1) is 12.0. The van der Waals surface area contributed by atoms with Crippen LogP contribution in [0.15, 0.2) is 48.5 Å². The van der Waals surface area contributed by atoms with Gasteiger partial charge in [-0.1, -0.05) is 48.0 Å². The third-order valence-corrected chi connectivity index (χ3v) is 4.40. The Bertz CT molecular complexity index is 686. The second kappa shape index (κ2) is 9.35. The molecule has 0 fully saturated rings. The van der Waals surface area contributed by atoms with Gasteiger partial charge in [0.1, 0.15) is 0 Å². The van der Waals surface area contributed by atoms with Crippen molar-refractivity contribution in [1.29, 1.82) is 0 Å². The number of aliphatic hydroxyl groups excluding tert-OH is 1. The average molecular weight is 340 g/mol. The van der Waals surface area contributed by atoms with E-state index in [9.17, 15) is 9.90 Å². The van der Waals surface area contributed by atoms with Gasteiger partial charge in [-0.05, 0) is 44.4 Å². The third-order valence-electron chi connectivity index (χ3n) is 4.40. The zero-order valence-corrected chi connectivity index (χ0v) is 15.3. The summed E-state index contributed by atoms with van der Waals surface area (Å²) < 4.78 is 0. The second-order valence-electron chi connectivity index (χ2n) is 6.62. The molecule has 0 saturated carbocycles. The second-order valence-corrected chi connectivity index (χ2v) is 6.62. The van der Waals surface area contributed by atoms with Crippen molar-refractivity contribution in [2.75, 3.05) is 18.5 Å². The summed E-state index contributed by atoms with van der Waals surface area (Å²) in [5.74, 6) is -0.0346. The third kappa shape index (κ3) is 6.00. The lowest BCUT2D eigenvalue weighted by Crippen LogP contribution is -2.39. The van der Waals surface area contributed by atoms with Crippen LogP contribution < -0.4 is 5.32 Å². The van der Waals surface area contributed by atoms with Crippen molar-refractivity contribution in [3.05, 3.63) is 65.2 Å². The fourth-order valence-electron chi connectivity index (χ4n) is 2.88. The molecule has 0 aliphatic heterocycles. The summed E-state index contributed by atoms with van der Waals surface area (Å²) in [5, 5.41) is 12.3. The molecular weight excluding hydrogens is 312 g/mol. The zero-order chi connectivity index (χ0) is 18.2. The summed E-state index contributed by atoms with van der Waals surface area (Å²) >= 11 is 0. The number of rotatable bonds is 8. The highest BCUT2D eigenvalue weighted by atomic mass is 16.3. The number of carbonyl (C=O) groups is 1. The molecule has 0 aliphatic rings. The van der Waals surface area contributed by atoms with Crippen molar-refractivity contribution < 1.29 is 9.90 Å². The van der Waals surface area contributed by atoms with E-state index in [1.165, 1.54) is 5.56 Å². The van der Waals surface area contributed by atoms with E-state index in [2.05, 4.69) is 28.4 Å². The first kappa shape index (κ1) is 19.2. The molecule has 134 valence electrons. The number of anilines is 1. The number of nitrogens with zero attached hydrogens (tertiary/aromatic N) is 1. The van der Waals surface area contributed by atoms with Crippen LogP contribution in [0, 0.1) is 13.8 Å². The van der Waals surface area contributed by atoms with E-state index < -0.39 is 0 Å². The minimum Gasteiger partial charge on any atom is -0.396 e. The van der Waals surface area contributed by atoms with Crippen molar-refractivity contribution in [3.63, 3.8) is 0 Å². The largest absolute Gasteiger partial charge is 0.396 e. The molecule has 0 aliphatic carbocycles. The molecule has 25 heavy (non-hydrogen) atoms. The Kier molecular flexibility index (Phi) is 7.16. The van der Waals surface area contributed by atoms with E-state index in [0.29, 0.717) is 19.5 Å². The standard InChI is InChI=1S/C21H28N2O2/c1-16-9-10-20(17(2)13-16)22-21(25)15-23(18(3)11-12-24)14-19-7-5-4-6-8-19/h4-10,13,18,24H,11-12,14-15H2,1-3H3,(H,22,25). The maximum Gasteiger partial charge on any atom is 0.238 e. The van der Waals surface area contributed by atoms with Crippen molar-refractivity contribution >= 4 is 11.6 Å². The Balaban J connectivity index is 2.05. The van der Waals surface area contributed by atoms with Crippen LogP contribution in [0.1, 0.15) is 30.0 Å². The molecule has 2 aromatic rings. The molecule has 0 radical (unpaired) electrons. The Morgan fingerprint density at radius 1 is 1.16 bits per heavy atom. The van der Waals surface area contributed by atoms with Crippen LogP contribution in [-0.2, 0) is 11.3 Å². The Labute approximate surface area is 150 Å². The minimum atomic E-state index is -0.0346.